The summed E-state index contributed by atoms with van der Waals surface area (Å²) in [7, 11) is 1.59. The van der Waals surface area contributed by atoms with Gasteiger partial charge in [0.05, 0.1) is 25.0 Å². The molecule has 0 fully saturated rings. The molecule has 0 aliphatic rings. The van der Waals surface area contributed by atoms with Crippen LogP contribution in [0.4, 0.5) is 0 Å². The predicted molar refractivity (Wildman–Crippen MR) is 174 cm³/mol. The summed E-state index contributed by atoms with van der Waals surface area (Å²) in [5, 5.41) is 8.34. The number of fused-ring (bicyclic) bond motifs is 1. The number of nitrogens with one attached hydrogen (secondary N) is 1. The van der Waals surface area contributed by atoms with Crippen LogP contribution in [-0.4, -0.2) is 78.5 Å². The summed E-state index contributed by atoms with van der Waals surface area (Å²) in [6.45, 7) is 4.58. The summed E-state index contributed by atoms with van der Waals surface area (Å²) in [6, 6.07) is 12.3. The Labute approximate surface area is 283 Å². The van der Waals surface area contributed by atoms with Gasteiger partial charge in [0.1, 0.15) is 5.75 Å². The van der Waals surface area contributed by atoms with Crippen molar-refractivity contribution in [2.75, 3.05) is 51.3 Å². The fourth-order valence-electron chi connectivity index (χ4n) is 4.87. The van der Waals surface area contributed by atoms with Gasteiger partial charge >= 0.3 is 0 Å². The number of ether oxygens (including phenoxy) is 1. The molecule has 3 aromatic rings. The number of hydrogen-bond donors (Lipinski definition) is 1. The second-order valence-electron chi connectivity index (χ2n) is 10.00. The Bertz CT molecular complexity index is 1350. The first-order valence-electron chi connectivity index (χ1n) is 14.1. The number of benzene rings is 2. The normalized spacial score (nSPS) is 10.9. The van der Waals surface area contributed by atoms with Gasteiger partial charge in [-0.3, -0.25) is 19.1 Å². The van der Waals surface area contributed by atoms with Crippen LogP contribution in [0.25, 0.3) is 16.2 Å². The third-order valence-corrected chi connectivity index (χ3v) is 7.66. The second-order valence-corrected chi connectivity index (χ2v) is 11.2. The maximum absolute atomic E-state index is 13.5. The molecular weight excluding hydrogens is 657 g/mol. The van der Waals surface area contributed by atoms with E-state index in [9.17, 15) is 14.4 Å². The molecule has 1 aromatic heterocycles. The smallest absolute Gasteiger partial charge is 0.262 e. The molecular formula is C31H38ClN4O4S2Zn-3. The Balaban J connectivity index is 0.00000645. The van der Waals surface area contributed by atoms with E-state index >= 15 is 0 Å². The molecule has 0 unspecified atom stereocenters. The summed E-state index contributed by atoms with van der Waals surface area (Å²) < 4.78 is 7.07. The first kappa shape index (κ1) is 37.2. The van der Waals surface area contributed by atoms with Gasteiger partial charge in [0.2, 0.25) is 5.91 Å². The molecule has 0 aliphatic carbocycles. The molecule has 2 amide bonds. The van der Waals surface area contributed by atoms with Gasteiger partial charge in [-0.1, -0.05) is 24.4 Å². The van der Waals surface area contributed by atoms with Gasteiger partial charge in [-0.05, 0) is 80.9 Å². The Kier molecular flexibility index (Phi) is 16.7. The van der Waals surface area contributed by atoms with E-state index in [1.165, 1.54) is 0 Å². The van der Waals surface area contributed by atoms with E-state index in [4.69, 9.17) is 41.6 Å². The van der Waals surface area contributed by atoms with E-state index in [0.717, 1.165) is 48.7 Å². The summed E-state index contributed by atoms with van der Waals surface area (Å²) in [6.07, 6.45) is 3.89. The number of halogens is 1. The van der Waals surface area contributed by atoms with Gasteiger partial charge in [0, 0.05) is 54.2 Å². The van der Waals surface area contributed by atoms with Crippen molar-refractivity contribution in [1.29, 1.82) is 0 Å². The molecule has 0 bridgehead atoms. The molecule has 0 atom stereocenters. The van der Waals surface area contributed by atoms with E-state index in [2.05, 4.69) is 15.5 Å². The number of carbonyl (C=O) groups is 3. The predicted octanol–water partition coefficient (Wildman–Crippen LogP) is 4.81. The number of hydrogen-bond acceptors (Lipinski definition) is 7. The minimum absolute atomic E-state index is 0. The molecule has 2 aromatic carbocycles. The molecule has 0 saturated carbocycles. The summed E-state index contributed by atoms with van der Waals surface area (Å²) in [4.78, 5) is 40.4. The van der Waals surface area contributed by atoms with Gasteiger partial charge < -0.3 is 45.4 Å². The van der Waals surface area contributed by atoms with Crippen LogP contribution in [0.15, 0.2) is 42.5 Å². The molecule has 230 valence electrons. The number of carbonyl (C=O) groups excluding carboxylic acids is 3. The maximum Gasteiger partial charge on any atom is 0.262 e. The van der Waals surface area contributed by atoms with Crippen molar-refractivity contribution in [3.8, 4) is 5.75 Å². The van der Waals surface area contributed by atoms with Gasteiger partial charge in [-0.2, -0.15) is 18.1 Å². The van der Waals surface area contributed by atoms with Gasteiger partial charge in [-0.15, -0.1) is 0 Å². The van der Waals surface area contributed by atoms with Crippen molar-refractivity contribution in [3.05, 3.63) is 69.6 Å². The standard InChI is InChI=1S/C31H41ClN4O4S2.Zn/c1-22-26(20-29(37)33-13-5-3-4-6-15-35(16-18-42)21-30(38)34-14-17-41)27-19-25(40-2)11-12-28(27)36(22)31(39)23-7-9-24(32)10-8-23;/h7-12,19H,3-6,13-18,20-21H2,1-2H3,(H4,33,34,37,38,41,42);/p-3. The van der Waals surface area contributed by atoms with Crippen molar-refractivity contribution >= 4 is 65.5 Å². The van der Waals surface area contributed by atoms with Crippen molar-refractivity contribution in [1.82, 2.24) is 14.8 Å². The van der Waals surface area contributed by atoms with Crippen LogP contribution in [0, 0.1) is 6.92 Å². The van der Waals surface area contributed by atoms with E-state index < -0.39 is 0 Å². The molecule has 0 radical (unpaired) electrons. The Hall–Kier alpha value is -2.04. The van der Waals surface area contributed by atoms with E-state index in [0.29, 0.717) is 53.2 Å². The molecule has 0 aliphatic heterocycles. The molecule has 8 nitrogen and oxygen atoms in total. The average Bonchev–Trinajstić information content (AvgIpc) is 3.25. The van der Waals surface area contributed by atoms with Crippen molar-refractivity contribution < 1.29 is 38.6 Å². The van der Waals surface area contributed by atoms with Crippen LogP contribution in [0.5, 0.6) is 5.75 Å². The first-order valence-corrected chi connectivity index (χ1v) is 15.7. The van der Waals surface area contributed by atoms with Gasteiger partial charge in [-0.25, -0.2) is 0 Å². The Morgan fingerprint density at radius 1 is 1.00 bits per heavy atom. The number of aromatic nitrogens is 1. The fourth-order valence-corrected chi connectivity index (χ4v) is 5.35. The van der Waals surface area contributed by atoms with Crippen molar-refractivity contribution in [2.45, 2.75) is 39.0 Å². The van der Waals surface area contributed by atoms with Crippen LogP contribution in [-0.2, 0) is 60.7 Å². The summed E-state index contributed by atoms with van der Waals surface area (Å²) in [5.74, 6) is 1.24. The average molecular weight is 696 g/mol. The number of rotatable bonds is 17. The number of amides is 2. The van der Waals surface area contributed by atoms with Gasteiger partial charge in [0.15, 0.2) is 0 Å². The van der Waals surface area contributed by atoms with Crippen LogP contribution in [0.3, 0.4) is 0 Å². The zero-order valence-corrected chi connectivity index (χ0v) is 30.3. The van der Waals surface area contributed by atoms with E-state index in [1.54, 1.807) is 35.9 Å². The summed E-state index contributed by atoms with van der Waals surface area (Å²) in [5.41, 5.74) is 2.73. The molecule has 43 heavy (non-hydrogen) atoms. The Morgan fingerprint density at radius 2 is 1.72 bits per heavy atom. The number of unbranched alkanes of at least 4 members (excludes halogenated alkanes) is 3. The van der Waals surface area contributed by atoms with Crippen LogP contribution < -0.4 is 10.1 Å². The summed E-state index contributed by atoms with van der Waals surface area (Å²) >= 11 is 16.0. The molecule has 1 N–H and O–H groups in total. The zero-order chi connectivity index (χ0) is 30.5. The number of methoxy groups -OCH3 is 1. The van der Waals surface area contributed by atoms with E-state index in [1.807, 2.05) is 25.1 Å². The minimum atomic E-state index is -0.188. The maximum atomic E-state index is 13.5. The van der Waals surface area contributed by atoms with Gasteiger partial charge in [0.25, 0.3) is 5.91 Å². The van der Waals surface area contributed by atoms with Crippen LogP contribution in [0.1, 0.15) is 47.3 Å². The first-order chi connectivity index (χ1) is 20.3. The third-order valence-electron chi connectivity index (χ3n) is 7.04. The van der Waals surface area contributed by atoms with Crippen molar-refractivity contribution in [2.24, 2.45) is 0 Å². The zero-order valence-electron chi connectivity index (χ0n) is 24.9. The topological polar surface area (TPSA) is 94.7 Å². The SMILES string of the molecule is COc1ccc2c(c1)c(CC(=O)NCCCCCCN(CC[S-])CC(=O)[N-]CC[S-])c(C)n2C(=O)c1ccc(Cl)cc1.[Zn]. The number of nitrogens with zero attached hydrogens (tertiary/aromatic N) is 3. The largest absolute Gasteiger partial charge is 0.794 e. The molecule has 0 saturated heterocycles. The molecule has 0 spiro atoms. The van der Waals surface area contributed by atoms with Crippen LogP contribution >= 0.6 is 11.6 Å². The molecule has 1 heterocycles. The fraction of sp³-hybridized carbons (Fsp3) is 0.452. The monoisotopic (exact) mass is 693 g/mol. The van der Waals surface area contributed by atoms with Crippen molar-refractivity contribution in [3.63, 3.8) is 0 Å². The Morgan fingerprint density at radius 3 is 2.40 bits per heavy atom. The van der Waals surface area contributed by atoms with E-state index in [-0.39, 0.29) is 50.2 Å². The quantitative estimate of drug-likeness (QED) is 0.123. The van der Waals surface area contributed by atoms with Crippen LogP contribution in [0.2, 0.25) is 5.02 Å². The third kappa shape index (κ3) is 11.1. The second kappa shape index (κ2) is 19.4. The molecule has 3 rings (SSSR count). The minimum Gasteiger partial charge on any atom is -0.794 e. The molecule has 12 heteroatoms.